The molecule has 1 aliphatic heterocycles. The molecule has 1 heterocycles. The van der Waals surface area contributed by atoms with E-state index in [-0.39, 0.29) is 6.04 Å². The molecule has 34 heavy (non-hydrogen) atoms. The van der Waals surface area contributed by atoms with Gasteiger partial charge in [-0.2, -0.15) is 0 Å². The molecule has 4 rings (SSSR count). The minimum atomic E-state index is 0.116. The van der Waals surface area contributed by atoms with Crippen LogP contribution in [0.5, 0.6) is 23.0 Å². The van der Waals surface area contributed by atoms with E-state index < -0.39 is 0 Å². The highest BCUT2D eigenvalue weighted by Crippen LogP contribution is 2.32. The van der Waals surface area contributed by atoms with Crippen molar-refractivity contribution >= 4 is 17.4 Å². The summed E-state index contributed by atoms with van der Waals surface area (Å²) in [5, 5.41) is 0.508. The van der Waals surface area contributed by atoms with Crippen molar-refractivity contribution in [2.75, 3.05) is 27.9 Å². The van der Waals surface area contributed by atoms with Crippen molar-refractivity contribution < 1.29 is 23.7 Å². The maximum absolute atomic E-state index is 5.99. The van der Waals surface area contributed by atoms with Gasteiger partial charge in [-0.1, -0.05) is 42.5 Å². The van der Waals surface area contributed by atoms with Crippen LogP contribution < -0.4 is 18.9 Å². The first-order chi connectivity index (χ1) is 16.6. The minimum Gasteiger partial charge on any atom is -0.493 e. The molecule has 0 spiro atoms. The highest BCUT2D eigenvalue weighted by Gasteiger charge is 2.30. The molecule has 3 aromatic carbocycles. The third-order valence-electron chi connectivity index (χ3n) is 5.81. The summed E-state index contributed by atoms with van der Waals surface area (Å²) in [4.78, 5) is 2.12. The van der Waals surface area contributed by atoms with Gasteiger partial charge in [-0.15, -0.1) is 0 Å². The lowest BCUT2D eigenvalue weighted by atomic mass is 10.0. The number of ether oxygens (including phenoxy) is 5. The SMILES string of the molecule is COc1ccc(CC2COC(=S)N2Cc2ccc(OCc3ccccc3)c(OC)c2)cc1OC. The van der Waals surface area contributed by atoms with Crippen LogP contribution >= 0.6 is 12.2 Å². The maximum atomic E-state index is 5.99. The molecule has 0 saturated carbocycles. The monoisotopic (exact) mass is 479 g/mol. The van der Waals surface area contributed by atoms with Gasteiger partial charge < -0.3 is 28.6 Å². The van der Waals surface area contributed by atoms with E-state index in [0.717, 1.165) is 23.1 Å². The smallest absolute Gasteiger partial charge is 0.260 e. The van der Waals surface area contributed by atoms with Crippen LogP contribution in [0.4, 0.5) is 0 Å². The van der Waals surface area contributed by atoms with Crippen LogP contribution in [-0.2, 0) is 24.3 Å². The van der Waals surface area contributed by atoms with Crippen LogP contribution in [0.3, 0.4) is 0 Å². The Morgan fingerprint density at radius 2 is 1.44 bits per heavy atom. The summed E-state index contributed by atoms with van der Waals surface area (Å²) in [6.07, 6.45) is 0.774. The summed E-state index contributed by atoms with van der Waals surface area (Å²) in [5.74, 6) is 2.82. The van der Waals surface area contributed by atoms with Crippen molar-refractivity contribution in [1.29, 1.82) is 0 Å². The van der Waals surface area contributed by atoms with E-state index in [4.69, 9.17) is 35.9 Å². The number of methoxy groups -OCH3 is 3. The molecule has 1 atom stereocenters. The van der Waals surface area contributed by atoms with E-state index in [1.165, 1.54) is 0 Å². The maximum Gasteiger partial charge on any atom is 0.260 e. The van der Waals surface area contributed by atoms with Crippen LogP contribution in [0, 0.1) is 0 Å². The Morgan fingerprint density at radius 1 is 0.794 bits per heavy atom. The molecule has 1 unspecified atom stereocenters. The van der Waals surface area contributed by atoms with Gasteiger partial charge in [-0.3, -0.25) is 0 Å². The average Bonchev–Trinajstić information content (AvgIpc) is 3.22. The molecular formula is C27H29NO5S. The molecule has 7 heteroatoms. The first kappa shape index (κ1) is 23.7. The second-order valence-electron chi connectivity index (χ2n) is 8.01. The number of hydrogen-bond acceptors (Lipinski definition) is 6. The molecule has 1 saturated heterocycles. The highest BCUT2D eigenvalue weighted by molar-refractivity contribution is 7.80. The second-order valence-corrected chi connectivity index (χ2v) is 8.36. The van der Waals surface area contributed by atoms with E-state index in [9.17, 15) is 0 Å². The van der Waals surface area contributed by atoms with Crippen molar-refractivity contribution in [1.82, 2.24) is 4.90 Å². The predicted octanol–water partition coefficient (Wildman–Crippen LogP) is 5.02. The van der Waals surface area contributed by atoms with Crippen LogP contribution in [0.2, 0.25) is 0 Å². The number of benzene rings is 3. The lowest BCUT2D eigenvalue weighted by Crippen LogP contribution is -2.34. The van der Waals surface area contributed by atoms with E-state index in [0.29, 0.717) is 47.9 Å². The van der Waals surface area contributed by atoms with Gasteiger partial charge in [0.25, 0.3) is 5.17 Å². The zero-order chi connectivity index (χ0) is 23.9. The molecule has 0 N–H and O–H groups in total. The Balaban J connectivity index is 1.45. The Labute approximate surface area is 206 Å². The molecule has 0 bridgehead atoms. The largest absolute Gasteiger partial charge is 0.493 e. The van der Waals surface area contributed by atoms with Gasteiger partial charge in [0.2, 0.25) is 0 Å². The van der Waals surface area contributed by atoms with Gasteiger partial charge in [-0.05, 0) is 59.6 Å². The summed E-state index contributed by atoms with van der Waals surface area (Å²) < 4.78 is 28.1. The predicted molar refractivity (Wildman–Crippen MR) is 135 cm³/mol. The molecule has 3 aromatic rings. The quantitative estimate of drug-likeness (QED) is 0.379. The Hall–Kier alpha value is -3.45. The number of rotatable bonds is 10. The summed E-state index contributed by atoms with van der Waals surface area (Å²) in [7, 11) is 4.93. The normalized spacial score (nSPS) is 15.1. The molecule has 0 amide bonds. The zero-order valence-corrected chi connectivity index (χ0v) is 20.5. The van der Waals surface area contributed by atoms with Gasteiger partial charge in [0, 0.05) is 6.54 Å². The third kappa shape index (κ3) is 5.54. The molecule has 6 nitrogen and oxygen atoms in total. The van der Waals surface area contributed by atoms with Crippen molar-refractivity contribution in [3.05, 3.63) is 83.4 Å². The molecule has 0 aromatic heterocycles. The Bertz CT molecular complexity index is 1120. The zero-order valence-electron chi connectivity index (χ0n) is 19.7. The van der Waals surface area contributed by atoms with Gasteiger partial charge in [-0.25, -0.2) is 0 Å². The second kappa shape index (κ2) is 11.1. The van der Waals surface area contributed by atoms with E-state index in [1.807, 2.05) is 66.7 Å². The molecule has 0 aliphatic carbocycles. The molecule has 0 radical (unpaired) electrons. The summed E-state index contributed by atoms with van der Waals surface area (Å²) in [5.41, 5.74) is 3.29. The topological polar surface area (TPSA) is 49.4 Å². The van der Waals surface area contributed by atoms with Crippen LogP contribution in [-0.4, -0.2) is 44.1 Å². The lowest BCUT2D eigenvalue weighted by molar-refractivity contribution is 0.283. The fourth-order valence-electron chi connectivity index (χ4n) is 3.99. The number of hydrogen-bond donors (Lipinski definition) is 0. The standard InChI is InChI=1S/C27H29NO5S/c1-29-23-11-9-20(14-25(23)30-2)13-22-18-33-27(34)28(22)16-21-10-12-24(26(15-21)31-3)32-17-19-7-5-4-6-8-19/h4-12,14-15,22H,13,16-18H2,1-3H3. The summed E-state index contributed by atoms with van der Waals surface area (Å²) >= 11 is 5.51. The van der Waals surface area contributed by atoms with E-state index in [1.54, 1.807) is 21.3 Å². The van der Waals surface area contributed by atoms with E-state index in [2.05, 4.69) is 4.90 Å². The van der Waals surface area contributed by atoms with Crippen LogP contribution in [0.25, 0.3) is 0 Å². The fourth-order valence-corrected chi connectivity index (χ4v) is 4.28. The fraction of sp³-hybridized carbons (Fsp3) is 0.296. The summed E-state index contributed by atoms with van der Waals surface area (Å²) in [6.45, 7) is 1.64. The van der Waals surface area contributed by atoms with Crippen LogP contribution in [0.1, 0.15) is 16.7 Å². The van der Waals surface area contributed by atoms with Gasteiger partial charge in [0.05, 0.1) is 27.4 Å². The van der Waals surface area contributed by atoms with E-state index >= 15 is 0 Å². The minimum absolute atomic E-state index is 0.116. The molecule has 1 aliphatic rings. The van der Waals surface area contributed by atoms with Gasteiger partial charge in [0.15, 0.2) is 23.0 Å². The van der Waals surface area contributed by atoms with Crippen molar-refractivity contribution in [2.24, 2.45) is 0 Å². The number of thiocarbonyl (C=S) groups is 1. The molecule has 178 valence electrons. The first-order valence-corrected chi connectivity index (χ1v) is 11.5. The Morgan fingerprint density at radius 3 is 2.18 bits per heavy atom. The lowest BCUT2D eigenvalue weighted by Gasteiger charge is -2.24. The summed E-state index contributed by atoms with van der Waals surface area (Å²) in [6, 6.07) is 22.1. The van der Waals surface area contributed by atoms with Crippen molar-refractivity contribution in [3.63, 3.8) is 0 Å². The van der Waals surface area contributed by atoms with Crippen LogP contribution in [0.15, 0.2) is 66.7 Å². The van der Waals surface area contributed by atoms with Crippen molar-refractivity contribution in [2.45, 2.75) is 25.6 Å². The Kier molecular flexibility index (Phi) is 7.75. The number of nitrogens with zero attached hydrogens (tertiary/aromatic N) is 1. The van der Waals surface area contributed by atoms with Gasteiger partial charge in [0.1, 0.15) is 13.2 Å². The van der Waals surface area contributed by atoms with Crippen molar-refractivity contribution in [3.8, 4) is 23.0 Å². The molecule has 1 fully saturated rings. The molecular weight excluding hydrogens is 450 g/mol. The first-order valence-electron chi connectivity index (χ1n) is 11.1. The van der Waals surface area contributed by atoms with Gasteiger partial charge >= 0.3 is 0 Å². The third-order valence-corrected chi connectivity index (χ3v) is 6.16. The highest BCUT2D eigenvalue weighted by atomic mass is 32.1. The average molecular weight is 480 g/mol.